The van der Waals surface area contributed by atoms with E-state index in [0.29, 0.717) is 11.3 Å². The third-order valence-electron chi connectivity index (χ3n) is 8.68. The zero-order chi connectivity index (χ0) is 30.8. The van der Waals surface area contributed by atoms with Crippen molar-refractivity contribution >= 4 is 37.1 Å². The molecule has 0 N–H and O–H groups in total. The predicted molar refractivity (Wildman–Crippen MR) is 190 cm³/mol. The van der Waals surface area contributed by atoms with Gasteiger partial charge in [-0.3, -0.25) is 0 Å². The fourth-order valence-corrected chi connectivity index (χ4v) is 13.0. The number of ether oxygens (including phenoxy) is 2. The van der Waals surface area contributed by atoms with Crippen LogP contribution in [-0.4, -0.2) is 25.5 Å². The minimum atomic E-state index is -0.757. The molecule has 0 saturated heterocycles. The molecule has 0 fully saturated rings. The largest absolute Gasteiger partial charge is 0.496 e. The molecule has 2 nitrogen and oxygen atoms in total. The van der Waals surface area contributed by atoms with Crippen LogP contribution >= 0.6 is 15.8 Å². The van der Waals surface area contributed by atoms with Gasteiger partial charge in [-0.2, -0.15) is 0 Å². The minimum absolute atomic E-state index is 0.294. The summed E-state index contributed by atoms with van der Waals surface area (Å²) >= 11 is 0. The molecule has 1 unspecified atom stereocenters. The Morgan fingerprint density at radius 2 is 1.02 bits per heavy atom. The van der Waals surface area contributed by atoms with Crippen molar-refractivity contribution in [1.29, 1.82) is 0 Å². The zero-order valence-corrected chi connectivity index (χ0v) is 28.8. The van der Waals surface area contributed by atoms with E-state index in [-0.39, 0.29) is 0 Å². The van der Waals surface area contributed by atoms with Gasteiger partial charge in [-0.1, -0.05) is 79.3 Å². The summed E-state index contributed by atoms with van der Waals surface area (Å²) in [6, 6.07) is 27.5. The Kier molecular flexibility index (Phi) is 9.60. The van der Waals surface area contributed by atoms with Crippen LogP contribution in [0.3, 0.4) is 0 Å². The van der Waals surface area contributed by atoms with E-state index in [1.54, 1.807) is 14.2 Å². The van der Waals surface area contributed by atoms with Crippen LogP contribution in [-0.2, 0) is 0 Å². The van der Waals surface area contributed by atoms with Crippen molar-refractivity contribution in [2.45, 2.75) is 59.8 Å². The van der Waals surface area contributed by atoms with Crippen molar-refractivity contribution in [3.8, 4) is 11.5 Å². The Labute approximate surface area is 261 Å². The van der Waals surface area contributed by atoms with E-state index in [1.807, 2.05) is 0 Å². The van der Waals surface area contributed by atoms with Crippen molar-refractivity contribution < 1.29 is 9.47 Å². The summed E-state index contributed by atoms with van der Waals surface area (Å²) in [7, 11) is 2.16. The Hall–Kier alpha value is -3.18. The topological polar surface area (TPSA) is 18.5 Å². The molecule has 5 rings (SSSR count). The Morgan fingerprint density at radius 3 is 1.42 bits per heavy atom. The molecule has 0 saturated carbocycles. The van der Waals surface area contributed by atoms with Gasteiger partial charge in [-0.05, 0) is 136 Å². The highest BCUT2D eigenvalue weighted by Gasteiger charge is 2.35. The van der Waals surface area contributed by atoms with Gasteiger partial charge < -0.3 is 9.47 Å². The molecule has 1 aliphatic carbocycles. The van der Waals surface area contributed by atoms with Crippen molar-refractivity contribution in [2.75, 3.05) is 14.2 Å². The van der Waals surface area contributed by atoms with E-state index < -0.39 is 15.8 Å². The van der Waals surface area contributed by atoms with Crippen LogP contribution in [0.5, 0.6) is 11.5 Å². The maximum atomic E-state index is 5.79. The van der Waals surface area contributed by atoms with E-state index in [0.717, 1.165) is 11.5 Å². The summed E-state index contributed by atoms with van der Waals surface area (Å²) in [5.74, 6) is 1.96. The van der Waals surface area contributed by atoms with E-state index >= 15 is 0 Å². The maximum Gasteiger partial charge on any atom is 0.124 e. The first-order valence-corrected chi connectivity index (χ1v) is 17.9. The molecule has 4 aromatic carbocycles. The van der Waals surface area contributed by atoms with E-state index in [2.05, 4.69) is 139 Å². The lowest BCUT2D eigenvalue weighted by atomic mass is 10.1. The molecule has 0 spiro atoms. The SMILES string of the molecule is COc1c(C)cc(P(c2cc(C)c(OC)c(C)c2)C2C=CC=C2[C@H](C)P(c2ccccc2C)c2ccccc2C)cc1C. The molecule has 0 aromatic heterocycles. The Morgan fingerprint density at radius 1 is 0.605 bits per heavy atom. The van der Waals surface area contributed by atoms with Crippen molar-refractivity contribution in [1.82, 2.24) is 0 Å². The van der Waals surface area contributed by atoms with Crippen LogP contribution < -0.4 is 30.7 Å². The van der Waals surface area contributed by atoms with E-state index in [9.17, 15) is 0 Å². The molecule has 0 radical (unpaired) electrons. The molecule has 0 aliphatic heterocycles. The summed E-state index contributed by atoms with van der Waals surface area (Å²) in [5, 5.41) is 5.73. The first kappa shape index (κ1) is 31.3. The smallest absolute Gasteiger partial charge is 0.124 e. The first-order chi connectivity index (χ1) is 20.7. The van der Waals surface area contributed by atoms with Crippen LogP contribution in [0.2, 0.25) is 0 Å². The molecule has 0 amide bonds. The van der Waals surface area contributed by atoms with Crippen molar-refractivity contribution in [3.05, 3.63) is 130 Å². The second-order valence-corrected chi connectivity index (χ2v) is 16.5. The summed E-state index contributed by atoms with van der Waals surface area (Å²) in [5.41, 5.74) is 9.69. The standard InChI is InChI=1S/C39H44O2P2/c1-25-15-10-12-18-35(25)42(36-19-13-11-16-26(36)2)31(7)34-17-14-20-37(34)43(32-21-27(3)38(40-8)28(4)22-32)33-23-29(5)39(41-9)30(6)24-33/h10-24,31,37H,1-9H3/t31-,37?/m0/s1. The van der Waals surface area contributed by atoms with Crippen LogP contribution in [0.1, 0.15) is 40.3 Å². The molecule has 43 heavy (non-hydrogen) atoms. The molecule has 0 bridgehead atoms. The zero-order valence-electron chi connectivity index (χ0n) is 27.0. The lowest BCUT2D eigenvalue weighted by molar-refractivity contribution is 0.408. The highest BCUT2D eigenvalue weighted by Crippen LogP contribution is 2.54. The average molecular weight is 607 g/mol. The third kappa shape index (κ3) is 6.11. The lowest BCUT2D eigenvalue weighted by Crippen LogP contribution is -2.30. The van der Waals surface area contributed by atoms with Gasteiger partial charge in [0.1, 0.15) is 11.5 Å². The fourth-order valence-electron chi connectivity index (χ4n) is 6.71. The number of hydrogen-bond donors (Lipinski definition) is 0. The lowest BCUT2D eigenvalue weighted by Gasteiger charge is -2.35. The second kappa shape index (κ2) is 13.2. The molecule has 1 aliphatic rings. The number of aryl methyl sites for hydroxylation is 6. The Bertz CT molecular complexity index is 1550. The van der Waals surface area contributed by atoms with Gasteiger partial charge in [0.05, 0.1) is 14.2 Å². The quantitative estimate of drug-likeness (QED) is 0.178. The molecule has 222 valence electrons. The summed E-state index contributed by atoms with van der Waals surface area (Å²) in [6.07, 6.45) is 7.19. The minimum Gasteiger partial charge on any atom is -0.496 e. The van der Waals surface area contributed by atoms with Crippen LogP contribution in [0, 0.1) is 41.5 Å². The van der Waals surface area contributed by atoms with Gasteiger partial charge in [0.2, 0.25) is 0 Å². The van der Waals surface area contributed by atoms with Gasteiger partial charge in [0, 0.05) is 11.3 Å². The molecule has 0 heterocycles. The van der Waals surface area contributed by atoms with Crippen LogP contribution in [0.15, 0.2) is 96.6 Å². The van der Waals surface area contributed by atoms with Gasteiger partial charge in [-0.25, -0.2) is 0 Å². The highest BCUT2D eigenvalue weighted by atomic mass is 31.1. The molecular formula is C39H44O2P2. The summed E-state index contributed by atoms with van der Waals surface area (Å²) in [6.45, 7) is 15.7. The Balaban J connectivity index is 1.68. The van der Waals surface area contributed by atoms with Crippen LogP contribution in [0.25, 0.3) is 0 Å². The average Bonchev–Trinajstić information content (AvgIpc) is 3.44. The molecule has 4 aromatic rings. The highest BCUT2D eigenvalue weighted by molar-refractivity contribution is 7.75. The van der Waals surface area contributed by atoms with E-state index in [1.165, 1.54) is 60.2 Å². The van der Waals surface area contributed by atoms with Gasteiger partial charge >= 0.3 is 0 Å². The third-order valence-corrected chi connectivity index (χ3v) is 14.4. The molecular weight excluding hydrogens is 562 g/mol. The van der Waals surface area contributed by atoms with Crippen LogP contribution in [0.4, 0.5) is 0 Å². The summed E-state index contributed by atoms with van der Waals surface area (Å²) in [4.78, 5) is 0. The number of hydrogen-bond acceptors (Lipinski definition) is 2. The monoisotopic (exact) mass is 606 g/mol. The van der Waals surface area contributed by atoms with E-state index in [4.69, 9.17) is 9.47 Å². The first-order valence-electron chi connectivity index (χ1n) is 15.0. The number of methoxy groups -OCH3 is 2. The van der Waals surface area contributed by atoms with Crippen molar-refractivity contribution in [3.63, 3.8) is 0 Å². The molecule has 4 heteroatoms. The fraction of sp³-hybridized carbons (Fsp3) is 0.282. The maximum absolute atomic E-state index is 5.79. The molecule has 2 atom stereocenters. The normalized spacial score (nSPS) is 15.2. The number of rotatable bonds is 9. The summed E-state index contributed by atoms with van der Waals surface area (Å²) < 4.78 is 11.6. The number of benzene rings is 4. The number of allylic oxidation sites excluding steroid dienone is 4. The second-order valence-electron chi connectivity index (χ2n) is 11.7. The van der Waals surface area contributed by atoms with Crippen molar-refractivity contribution in [2.24, 2.45) is 0 Å². The predicted octanol–water partition coefficient (Wildman–Crippen LogP) is 8.37. The van der Waals surface area contributed by atoms with Gasteiger partial charge in [-0.15, -0.1) is 0 Å². The van der Waals surface area contributed by atoms with Gasteiger partial charge in [0.25, 0.3) is 0 Å². The van der Waals surface area contributed by atoms with Gasteiger partial charge in [0.15, 0.2) is 0 Å².